The summed E-state index contributed by atoms with van der Waals surface area (Å²) in [6, 6.07) is 4.88. The number of sulfonamides is 1. The molecule has 5 nitrogen and oxygen atoms in total. The first-order valence-corrected chi connectivity index (χ1v) is 10.1. The van der Waals surface area contributed by atoms with Crippen molar-refractivity contribution in [2.75, 3.05) is 0 Å². The second kappa shape index (κ2) is 5.29. The van der Waals surface area contributed by atoms with Crippen molar-refractivity contribution in [1.82, 2.24) is 4.72 Å². The van der Waals surface area contributed by atoms with Crippen molar-refractivity contribution in [3.8, 4) is 0 Å². The van der Waals surface area contributed by atoms with Gasteiger partial charge in [0.15, 0.2) is 0 Å². The van der Waals surface area contributed by atoms with Gasteiger partial charge < -0.3 is 0 Å². The molecule has 1 fully saturated rings. The molecule has 1 N–H and O–H groups in total. The fourth-order valence-corrected chi connectivity index (χ4v) is 4.56. The van der Waals surface area contributed by atoms with E-state index in [4.69, 9.17) is 10.7 Å². The van der Waals surface area contributed by atoms with Crippen molar-refractivity contribution in [1.29, 1.82) is 0 Å². The van der Waals surface area contributed by atoms with E-state index in [2.05, 4.69) is 4.72 Å². The third-order valence-corrected chi connectivity index (χ3v) is 6.72. The summed E-state index contributed by atoms with van der Waals surface area (Å²) >= 11 is 0. The van der Waals surface area contributed by atoms with Crippen LogP contribution in [0.3, 0.4) is 0 Å². The van der Waals surface area contributed by atoms with Gasteiger partial charge in [-0.25, -0.2) is 21.6 Å². The fourth-order valence-electron chi connectivity index (χ4n) is 2.26. The average molecular weight is 338 g/mol. The Morgan fingerprint density at radius 1 is 1.10 bits per heavy atom. The highest BCUT2D eigenvalue weighted by Gasteiger charge is 2.39. The summed E-state index contributed by atoms with van der Waals surface area (Å²) in [5.74, 6) is 0. The van der Waals surface area contributed by atoms with Crippen molar-refractivity contribution in [3.63, 3.8) is 0 Å². The summed E-state index contributed by atoms with van der Waals surface area (Å²) in [5, 5.41) is 0. The van der Waals surface area contributed by atoms with E-state index in [0.717, 1.165) is 25.7 Å². The topological polar surface area (TPSA) is 80.3 Å². The van der Waals surface area contributed by atoms with Gasteiger partial charge in [-0.1, -0.05) is 6.92 Å². The molecule has 1 aromatic carbocycles. The highest BCUT2D eigenvalue weighted by molar-refractivity contribution is 8.13. The van der Waals surface area contributed by atoms with Crippen molar-refractivity contribution < 1.29 is 16.8 Å². The number of hydrogen-bond donors (Lipinski definition) is 1. The molecule has 1 aromatic rings. The Hall–Kier alpha value is -0.630. The zero-order chi connectivity index (χ0) is 15.0. The Balaban J connectivity index is 2.26. The van der Waals surface area contributed by atoms with E-state index in [1.54, 1.807) is 0 Å². The van der Waals surface area contributed by atoms with Crippen molar-refractivity contribution in [2.24, 2.45) is 0 Å². The predicted octanol–water partition coefficient (Wildman–Crippen LogP) is 2.23. The Morgan fingerprint density at radius 2 is 1.60 bits per heavy atom. The van der Waals surface area contributed by atoms with Gasteiger partial charge in [-0.15, -0.1) is 0 Å². The fraction of sp³-hybridized carbons (Fsp3) is 0.500. The van der Waals surface area contributed by atoms with Crippen LogP contribution in [0.4, 0.5) is 0 Å². The van der Waals surface area contributed by atoms with Crippen LogP contribution >= 0.6 is 10.7 Å². The minimum Gasteiger partial charge on any atom is -0.207 e. The molecule has 0 unspecified atom stereocenters. The number of benzene rings is 1. The summed E-state index contributed by atoms with van der Waals surface area (Å²) in [7, 11) is -2.29. The van der Waals surface area contributed by atoms with Crippen LogP contribution in [-0.2, 0) is 19.1 Å². The van der Waals surface area contributed by atoms with Crippen LogP contribution in [-0.4, -0.2) is 22.4 Å². The van der Waals surface area contributed by atoms with Gasteiger partial charge in [-0.3, -0.25) is 0 Å². The lowest BCUT2D eigenvalue weighted by Gasteiger charge is -2.41. The minimum atomic E-state index is -3.84. The number of halogens is 1. The molecule has 20 heavy (non-hydrogen) atoms. The third-order valence-electron chi connectivity index (χ3n) is 3.75. The van der Waals surface area contributed by atoms with Crippen LogP contribution in [0.1, 0.15) is 32.6 Å². The molecule has 0 spiro atoms. The van der Waals surface area contributed by atoms with Gasteiger partial charge in [0.1, 0.15) is 0 Å². The molecule has 0 aromatic heterocycles. The quantitative estimate of drug-likeness (QED) is 0.835. The van der Waals surface area contributed by atoms with Gasteiger partial charge in [0.25, 0.3) is 9.05 Å². The van der Waals surface area contributed by atoms with Crippen LogP contribution in [0, 0.1) is 0 Å². The van der Waals surface area contributed by atoms with Gasteiger partial charge in [-0.05, 0) is 49.9 Å². The highest BCUT2D eigenvalue weighted by Crippen LogP contribution is 2.36. The minimum absolute atomic E-state index is 0.0429. The number of nitrogens with one attached hydrogen (secondary N) is 1. The maximum atomic E-state index is 12.3. The molecule has 2 rings (SSSR count). The molecule has 1 aliphatic rings. The van der Waals surface area contributed by atoms with Crippen molar-refractivity contribution in [3.05, 3.63) is 24.3 Å². The molecule has 0 aliphatic heterocycles. The van der Waals surface area contributed by atoms with E-state index >= 15 is 0 Å². The van der Waals surface area contributed by atoms with E-state index in [1.165, 1.54) is 24.3 Å². The van der Waals surface area contributed by atoms with Gasteiger partial charge >= 0.3 is 0 Å². The lowest BCUT2D eigenvalue weighted by atomic mass is 9.76. The first kappa shape index (κ1) is 15.8. The van der Waals surface area contributed by atoms with Crippen LogP contribution < -0.4 is 4.72 Å². The first-order chi connectivity index (χ1) is 9.19. The molecule has 8 heteroatoms. The molecule has 0 radical (unpaired) electrons. The van der Waals surface area contributed by atoms with E-state index in [0.29, 0.717) is 0 Å². The summed E-state index contributed by atoms with van der Waals surface area (Å²) < 4.78 is 49.5. The normalized spacial score (nSPS) is 18.5. The highest BCUT2D eigenvalue weighted by atomic mass is 35.7. The Bertz CT molecular complexity index is 686. The smallest absolute Gasteiger partial charge is 0.207 e. The molecule has 0 atom stereocenters. The van der Waals surface area contributed by atoms with Gasteiger partial charge in [0.2, 0.25) is 10.0 Å². The second-order valence-corrected chi connectivity index (χ2v) is 9.25. The average Bonchev–Trinajstić information content (AvgIpc) is 2.33. The monoisotopic (exact) mass is 337 g/mol. The molecule has 0 saturated heterocycles. The second-order valence-electron chi connectivity index (χ2n) is 5.00. The van der Waals surface area contributed by atoms with Crippen LogP contribution in [0.25, 0.3) is 0 Å². The Morgan fingerprint density at radius 3 is 1.95 bits per heavy atom. The van der Waals surface area contributed by atoms with E-state index < -0.39 is 19.1 Å². The van der Waals surface area contributed by atoms with E-state index in [-0.39, 0.29) is 15.3 Å². The van der Waals surface area contributed by atoms with E-state index in [9.17, 15) is 16.8 Å². The van der Waals surface area contributed by atoms with Crippen LogP contribution in [0.5, 0.6) is 0 Å². The molecule has 112 valence electrons. The lowest BCUT2D eigenvalue weighted by molar-refractivity contribution is 0.214. The summed E-state index contributed by atoms with van der Waals surface area (Å²) in [5.41, 5.74) is -0.351. The summed E-state index contributed by atoms with van der Waals surface area (Å²) in [4.78, 5) is -0.0757. The number of rotatable bonds is 5. The molecule has 0 bridgehead atoms. The van der Waals surface area contributed by atoms with Crippen LogP contribution in [0.15, 0.2) is 34.1 Å². The van der Waals surface area contributed by atoms with Crippen LogP contribution in [0.2, 0.25) is 0 Å². The molecule has 1 saturated carbocycles. The van der Waals surface area contributed by atoms with E-state index in [1.807, 2.05) is 6.92 Å². The molecular weight excluding hydrogens is 322 g/mol. The maximum absolute atomic E-state index is 12.3. The zero-order valence-electron chi connectivity index (χ0n) is 11.0. The Labute approximate surface area is 123 Å². The zero-order valence-corrected chi connectivity index (χ0v) is 13.4. The first-order valence-electron chi connectivity index (χ1n) is 6.27. The molecular formula is C12H16ClNO4S2. The predicted molar refractivity (Wildman–Crippen MR) is 76.7 cm³/mol. The SMILES string of the molecule is CCC1(NS(=O)(=O)c2ccc(S(=O)(=O)Cl)cc2)CCC1. The largest absolute Gasteiger partial charge is 0.261 e. The summed E-state index contributed by atoms with van der Waals surface area (Å²) in [6.45, 7) is 1.95. The van der Waals surface area contributed by atoms with Crippen molar-refractivity contribution in [2.45, 2.75) is 47.9 Å². The molecule has 0 heterocycles. The summed E-state index contributed by atoms with van der Waals surface area (Å²) in [6.07, 6.45) is 3.41. The number of hydrogen-bond acceptors (Lipinski definition) is 4. The van der Waals surface area contributed by atoms with Gasteiger partial charge in [0, 0.05) is 16.2 Å². The van der Waals surface area contributed by atoms with Gasteiger partial charge in [-0.2, -0.15) is 0 Å². The molecule has 0 amide bonds. The standard InChI is InChI=1S/C12H16ClNO4S2/c1-2-12(8-3-9-12)14-20(17,18)11-6-4-10(5-7-11)19(13,15)16/h4-7,14H,2-3,8-9H2,1H3. The Kier molecular flexibility index (Phi) is 4.17. The lowest BCUT2D eigenvalue weighted by Crippen LogP contribution is -2.52. The van der Waals surface area contributed by atoms with Gasteiger partial charge in [0.05, 0.1) is 9.79 Å². The molecule has 1 aliphatic carbocycles. The van der Waals surface area contributed by atoms with Crippen molar-refractivity contribution >= 4 is 29.8 Å². The maximum Gasteiger partial charge on any atom is 0.261 e. The third kappa shape index (κ3) is 3.16.